The van der Waals surface area contributed by atoms with E-state index < -0.39 is 12.0 Å². The first-order valence-electron chi connectivity index (χ1n) is 9.60. The number of carbonyl (C=O) groups is 1. The first kappa shape index (κ1) is 21.2. The molecular weight excluding hydrogens is 476 g/mol. The molecule has 0 saturated heterocycles. The van der Waals surface area contributed by atoms with Crippen LogP contribution in [0, 0.1) is 0 Å². The highest BCUT2D eigenvalue weighted by Crippen LogP contribution is 2.30. The van der Waals surface area contributed by atoms with Gasteiger partial charge in [0.15, 0.2) is 4.80 Å². The molecule has 0 unspecified atom stereocenters. The van der Waals surface area contributed by atoms with Crippen molar-refractivity contribution >= 4 is 39.3 Å². The van der Waals surface area contributed by atoms with E-state index in [0.717, 1.165) is 15.6 Å². The van der Waals surface area contributed by atoms with Gasteiger partial charge in [-0.15, -0.1) is 0 Å². The second-order valence-electron chi connectivity index (χ2n) is 6.93. The number of halogens is 1. The molecule has 1 aromatic heterocycles. The molecule has 3 aromatic rings. The fourth-order valence-electron chi connectivity index (χ4n) is 3.49. The second kappa shape index (κ2) is 8.99. The van der Waals surface area contributed by atoms with Gasteiger partial charge in [-0.2, -0.15) is 0 Å². The Morgan fingerprint density at radius 2 is 2.03 bits per heavy atom. The first-order valence-corrected chi connectivity index (χ1v) is 11.2. The number of benzene rings is 2. The number of ether oxygens (including phenoxy) is 1. The summed E-state index contributed by atoms with van der Waals surface area (Å²) in [6.07, 6.45) is 3.35. The lowest BCUT2D eigenvalue weighted by molar-refractivity contribution is -0.138. The van der Waals surface area contributed by atoms with Crippen molar-refractivity contribution in [3.8, 4) is 0 Å². The molecule has 2 heterocycles. The Morgan fingerprint density at radius 1 is 1.26 bits per heavy atom. The van der Waals surface area contributed by atoms with Crippen LogP contribution in [-0.2, 0) is 9.53 Å². The van der Waals surface area contributed by atoms with Crippen LogP contribution in [0.1, 0.15) is 24.1 Å². The summed E-state index contributed by atoms with van der Waals surface area (Å²) in [5.74, 6) is -0.503. The van der Waals surface area contributed by atoms with Crippen molar-refractivity contribution in [1.82, 2.24) is 4.57 Å². The molecule has 2 aromatic carbocycles. The van der Waals surface area contributed by atoms with Crippen LogP contribution in [0.3, 0.4) is 0 Å². The summed E-state index contributed by atoms with van der Waals surface area (Å²) in [7, 11) is 0. The summed E-state index contributed by atoms with van der Waals surface area (Å²) in [4.78, 5) is 31.5. The SMILES string of the molecule is C=CCOC(=O)C1=C(C)N=c2s/c(=C/c3cccc(Br)c3)c(=O)n2[C@H]1c1ccccc1. The minimum absolute atomic E-state index is 0.0877. The smallest absolute Gasteiger partial charge is 0.338 e. The van der Waals surface area contributed by atoms with E-state index in [0.29, 0.717) is 20.6 Å². The molecular formula is C24H19BrN2O3S. The molecule has 0 aliphatic carbocycles. The third-order valence-corrected chi connectivity index (χ3v) is 6.31. The predicted molar refractivity (Wildman–Crippen MR) is 126 cm³/mol. The zero-order chi connectivity index (χ0) is 22.0. The van der Waals surface area contributed by atoms with Crippen molar-refractivity contribution in [2.24, 2.45) is 4.99 Å². The molecule has 7 heteroatoms. The van der Waals surface area contributed by atoms with Crippen molar-refractivity contribution in [3.05, 3.63) is 114 Å². The van der Waals surface area contributed by atoms with Crippen molar-refractivity contribution in [3.63, 3.8) is 0 Å². The second-order valence-corrected chi connectivity index (χ2v) is 8.86. The number of carbonyl (C=O) groups excluding carboxylic acids is 1. The van der Waals surface area contributed by atoms with Gasteiger partial charge in [-0.1, -0.05) is 82.4 Å². The summed E-state index contributed by atoms with van der Waals surface area (Å²) in [5, 5.41) is 0. The maximum absolute atomic E-state index is 13.5. The molecule has 5 nitrogen and oxygen atoms in total. The molecule has 0 saturated carbocycles. The van der Waals surface area contributed by atoms with Gasteiger partial charge in [0.25, 0.3) is 5.56 Å². The van der Waals surface area contributed by atoms with E-state index in [9.17, 15) is 9.59 Å². The van der Waals surface area contributed by atoms with Gasteiger partial charge in [0.05, 0.1) is 21.8 Å². The molecule has 0 radical (unpaired) electrons. The van der Waals surface area contributed by atoms with Gasteiger partial charge in [0.2, 0.25) is 0 Å². The van der Waals surface area contributed by atoms with Gasteiger partial charge >= 0.3 is 5.97 Å². The molecule has 4 rings (SSSR count). The lowest BCUT2D eigenvalue weighted by atomic mass is 9.96. The van der Waals surface area contributed by atoms with E-state index in [-0.39, 0.29) is 12.2 Å². The first-order chi connectivity index (χ1) is 15.0. The molecule has 31 heavy (non-hydrogen) atoms. The quantitative estimate of drug-likeness (QED) is 0.401. The normalized spacial score (nSPS) is 15.9. The molecule has 0 spiro atoms. The Balaban J connectivity index is 1.93. The highest BCUT2D eigenvalue weighted by atomic mass is 79.9. The number of hydrogen-bond acceptors (Lipinski definition) is 5. The third-order valence-electron chi connectivity index (χ3n) is 4.84. The van der Waals surface area contributed by atoms with Gasteiger partial charge in [0, 0.05) is 4.47 Å². The Hall–Kier alpha value is -3.03. The highest BCUT2D eigenvalue weighted by molar-refractivity contribution is 9.10. The minimum Gasteiger partial charge on any atom is -0.458 e. The summed E-state index contributed by atoms with van der Waals surface area (Å²) in [6.45, 7) is 5.45. The van der Waals surface area contributed by atoms with E-state index in [1.807, 2.05) is 60.7 Å². The van der Waals surface area contributed by atoms with Crippen LogP contribution >= 0.6 is 27.3 Å². The summed E-state index contributed by atoms with van der Waals surface area (Å²) >= 11 is 4.77. The molecule has 1 aliphatic heterocycles. The van der Waals surface area contributed by atoms with E-state index in [1.165, 1.54) is 17.4 Å². The number of allylic oxidation sites excluding steroid dienone is 1. The zero-order valence-corrected chi connectivity index (χ0v) is 19.2. The van der Waals surface area contributed by atoms with E-state index in [2.05, 4.69) is 27.5 Å². The van der Waals surface area contributed by atoms with Crippen LogP contribution in [-0.4, -0.2) is 17.1 Å². The number of esters is 1. The topological polar surface area (TPSA) is 60.7 Å². The van der Waals surface area contributed by atoms with Gasteiger partial charge in [-0.05, 0) is 36.3 Å². The summed E-state index contributed by atoms with van der Waals surface area (Å²) in [6, 6.07) is 16.6. The minimum atomic E-state index is -0.612. The Bertz CT molecular complexity index is 1370. The number of aromatic nitrogens is 1. The predicted octanol–water partition coefficient (Wildman–Crippen LogP) is 3.73. The molecule has 0 N–H and O–H groups in total. The van der Waals surface area contributed by atoms with Crippen LogP contribution in [0.2, 0.25) is 0 Å². The third kappa shape index (κ3) is 4.24. The molecule has 1 aliphatic rings. The molecule has 1 atom stereocenters. The summed E-state index contributed by atoms with van der Waals surface area (Å²) < 4.78 is 8.39. The Kier molecular flexibility index (Phi) is 6.15. The lowest BCUT2D eigenvalue weighted by Crippen LogP contribution is -2.39. The number of rotatable bonds is 5. The monoisotopic (exact) mass is 494 g/mol. The van der Waals surface area contributed by atoms with E-state index in [4.69, 9.17) is 4.74 Å². The van der Waals surface area contributed by atoms with E-state index >= 15 is 0 Å². The molecule has 0 bridgehead atoms. The van der Waals surface area contributed by atoms with Gasteiger partial charge in [-0.3, -0.25) is 9.36 Å². The van der Waals surface area contributed by atoms with Crippen molar-refractivity contribution in [2.45, 2.75) is 13.0 Å². The maximum atomic E-state index is 13.5. The van der Waals surface area contributed by atoms with Gasteiger partial charge in [0.1, 0.15) is 6.61 Å². The number of hydrogen-bond donors (Lipinski definition) is 0. The number of thiazole rings is 1. The van der Waals surface area contributed by atoms with Crippen molar-refractivity contribution in [1.29, 1.82) is 0 Å². The average molecular weight is 495 g/mol. The van der Waals surface area contributed by atoms with Crippen LogP contribution in [0.4, 0.5) is 0 Å². The Morgan fingerprint density at radius 3 is 2.74 bits per heavy atom. The lowest BCUT2D eigenvalue weighted by Gasteiger charge is -2.24. The average Bonchev–Trinajstić information content (AvgIpc) is 3.06. The standard InChI is InChI=1S/C24H19BrN2O3S/c1-3-12-30-23(29)20-15(2)26-24-27(21(20)17-9-5-4-6-10-17)22(28)19(31-24)14-16-8-7-11-18(25)13-16/h3-11,13-14,21H,1,12H2,2H3/b19-14+/t21-/m0/s1. The zero-order valence-electron chi connectivity index (χ0n) is 16.7. The highest BCUT2D eigenvalue weighted by Gasteiger charge is 2.33. The van der Waals surface area contributed by atoms with Crippen LogP contribution < -0.4 is 14.9 Å². The fraction of sp³-hybridized carbons (Fsp3) is 0.125. The molecule has 0 fully saturated rings. The Labute approximate surface area is 191 Å². The van der Waals surface area contributed by atoms with Crippen molar-refractivity contribution < 1.29 is 9.53 Å². The number of nitrogens with zero attached hydrogens (tertiary/aromatic N) is 2. The largest absolute Gasteiger partial charge is 0.458 e. The van der Waals surface area contributed by atoms with Crippen LogP contribution in [0.5, 0.6) is 0 Å². The van der Waals surface area contributed by atoms with Gasteiger partial charge < -0.3 is 4.74 Å². The van der Waals surface area contributed by atoms with Crippen LogP contribution in [0.25, 0.3) is 6.08 Å². The van der Waals surface area contributed by atoms with Crippen LogP contribution in [0.15, 0.2) is 92.8 Å². The molecule has 0 amide bonds. The van der Waals surface area contributed by atoms with E-state index in [1.54, 1.807) is 11.5 Å². The fourth-order valence-corrected chi connectivity index (χ4v) is 4.96. The summed E-state index contributed by atoms with van der Waals surface area (Å²) in [5.41, 5.74) is 2.42. The number of fused-ring (bicyclic) bond motifs is 1. The van der Waals surface area contributed by atoms with Crippen molar-refractivity contribution in [2.75, 3.05) is 6.61 Å². The van der Waals surface area contributed by atoms with Gasteiger partial charge in [-0.25, -0.2) is 9.79 Å². The molecule has 156 valence electrons. The maximum Gasteiger partial charge on any atom is 0.338 e.